The summed E-state index contributed by atoms with van der Waals surface area (Å²) in [5.74, 6) is 0.561. The van der Waals surface area contributed by atoms with Crippen LogP contribution in [0.3, 0.4) is 0 Å². The predicted octanol–water partition coefficient (Wildman–Crippen LogP) is 2.99. The number of carbonyl (C=O) groups is 1. The van der Waals surface area contributed by atoms with Crippen LogP contribution >= 0.6 is 0 Å². The lowest BCUT2D eigenvalue weighted by Gasteiger charge is -2.19. The van der Waals surface area contributed by atoms with E-state index in [2.05, 4.69) is 10.4 Å². The molecule has 0 saturated heterocycles. The lowest BCUT2D eigenvalue weighted by atomic mass is 10.2. The topological polar surface area (TPSA) is 65.4 Å². The van der Waals surface area contributed by atoms with Crippen LogP contribution in [0.5, 0.6) is 5.88 Å². The number of alkyl carbamates (subject to hydrolysis) is 1. The van der Waals surface area contributed by atoms with E-state index in [0.717, 1.165) is 5.56 Å². The number of nitrogens with one attached hydrogen (secondary N) is 1. The monoisotopic (exact) mass is 317 g/mol. The van der Waals surface area contributed by atoms with E-state index in [9.17, 15) is 4.79 Å². The molecule has 0 aliphatic carbocycles. The average Bonchev–Trinajstić information content (AvgIpc) is 2.92. The maximum atomic E-state index is 11.5. The van der Waals surface area contributed by atoms with Crippen molar-refractivity contribution < 1.29 is 14.3 Å². The van der Waals surface area contributed by atoms with Crippen LogP contribution in [0, 0.1) is 0 Å². The lowest BCUT2D eigenvalue weighted by Crippen LogP contribution is -2.34. The highest BCUT2D eigenvalue weighted by molar-refractivity contribution is 5.67. The molecule has 0 aliphatic rings. The number of carbonyl (C=O) groups excluding carboxylic acids is 1. The molecule has 0 radical (unpaired) electrons. The van der Waals surface area contributed by atoms with E-state index in [-0.39, 0.29) is 0 Å². The predicted molar refractivity (Wildman–Crippen MR) is 87.2 cm³/mol. The van der Waals surface area contributed by atoms with E-state index in [4.69, 9.17) is 9.47 Å². The summed E-state index contributed by atoms with van der Waals surface area (Å²) in [6, 6.07) is 11.7. The van der Waals surface area contributed by atoms with E-state index >= 15 is 0 Å². The maximum Gasteiger partial charge on any atom is 0.407 e. The van der Waals surface area contributed by atoms with Crippen molar-refractivity contribution in [3.63, 3.8) is 0 Å². The highest BCUT2D eigenvalue weighted by atomic mass is 16.6. The Kier molecular flexibility index (Phi) is 5.62. The Hall–Kier alpha value is -2.50. The zero-order valence-corrected chi connectivity index (χ0v) is 13.8. The highest BCUT2D eigenvalue weighted by Gasteiger charge is 2.15. The van der Waals surface area contributed by atoms with Gasteiger partial charge in [0.25, 0.3) is 0 Å². The van der Waals surface area contributed by atoms with E-state index in [0.29, 0.717) is 25.6 Å². The molecule has 1 amide bonds. The molecule has 0 fully saturated rings. The molecule has 0 spiro atoms. The Labute approximate surface area is 136 Å². The molecule has 0 aliphatic heterocycles. The van der Waals surface area contributed by atoms with Crippen LogP contribution in [0.25, 0.3) is 0 Å². The van der Waals surface area contributed by atoms with Gasteiger partial charge in [0.05, 0.1) is 6.54 Å². The van der Waals surface area contributed by atoms with Gasteiger partial charge in [-0.15, -0.1) is 5.10 Å². The quantitative estimate of drug-likeness (QED) is 0.889. The number of hydrogen-bond acceptors (Lipinski definition) is 4. The summed E-state index contributed by atoms with van der Waals surface area (Å²) in [5, 5.41) is 6.99. The molecule has 0 atom stereocenters. The molecule has 2 aromatic rings. The van der Waals surface area contributed by atoms with Crippen LogP contribution < -0.4 is 10.1 Å². The third kappa shape index (κ3) is 6.42. The molecule has 1 heterocycles. The molecule has 0 saturated carbocycles. The number of aromatic nitrogens is 2. The molecule has 6 nitrogen and oxygen atoms in total. The van der Waals surface area contributed by atoms with Crippen molar-refractivity contribution in [3.05, 3.63) is 48.2 Å². The molecule has 1 N–H and O–H groups in total. The molecule has 124 valence electrons. The SMILES string of the molecule is CC(C)(C)OC(=O)NCCn1ccc(OCc2ccccc2)n1. The number of amides is 1. The first kappa shape index (κ1) is 16.9. The lowest BCUT2D eigenvalue weighted by molar-refractivity contribution is 0.0525. The van der Waals surface area contributed by atoms with Gasteiger partial charge in [0, 0.05) is 18.8 Å². The summed E-state index contributed by atoms with van der Waals surface area (Å²) < 4.78 is 12.5. The molecule has 23 heavy (non-hydrogen) atoms. The number of nitrogens with zero attached hydrogens (tertiary/aromatic N) is 2. The normalized spacial score (nSPS) is 11.1. The molecule has 2 rings (SSSR count). The summed E-state index contributed by atoms with van der Waals surface area (Å²) >= 11 is 0. The minimum absolute atomic E-state index is 0.426. The molecular weight excluding hydrogens is 294 g/mol. The first-order chi connectivity index (χ1) is 10.9. The molecule has 1 aromatic carbocycles. The fourth-order valence-corrected chi connectivity index (χ4v) is 1.86. The van der Waals surface area contributed by atoms with Gasteiger partial charge < -0.3 is 14.8 Å². The van der Waals surface area contributed by atoms with Crippen LogP contribution in [0.2, 0.25) is 0 Å². The fraction of sp³-hybridized carbons (Fsp3) is 0.412. The third-order valence-corrected chi connectivity index (χ3v) is 2.85. The standard InChI is InChI=1S/C17H23N3O3/c1-17(2,3)23-16(21)18-10-12-20-11-9-15(19-20)22-13-14-7-5-4-6-8-14/h4-9,11H,10,12-13H2,1-3H3,(H,18,21). The van der Waals surface area contributed by atoms with Crippen LogP contribution in [0.15, 0.2) is 42.6 Å². The fourth-order valence-electron chi connectivity index (χ4n) is 1.86. The molecule has 0 unspecified atom stereocenters. The van der Waals surface area contributed by atoms with Crippen molar-refractivity contribution in [2.45, 2.75) is 39.5 Å². The van der Waals surface area contributed by atoms with Crippen molar-refractivity contribution in [1.29, 1.82) is 0 Å². The van der Waals surface area contributed by atoms with Crippen molar-refractivity contribution in [3.8, 4) is 5.88 Å². The first-order valence-electron chi connectivity index (χ1n) is 7.59. The summed E-state index contributed by atoms with van der Waals surface area (Å²) in [6.45, 7) is 6.96. The summed E-state index contributed by atoms with van der Waals surface area (Å²) in [7, 11) is 0. The number of ether oxygens (including phenoxy) is 2. The van der Waals surface area contributed by atoms with Crippen LogP contribution in [-0.2, 0) is 17.9 Å². The van der Waals surface area contributed by atoms with Crippen LogP contribution in [0.4, 0.5) is 4.79 Å². The van der Waals surface area contributed by atoms with Crippen molar-refractivity contribution in [1.82, 2.24) is 15.1 Å². The smallest absolute Gasteiger partial charge is 0.407 e. The summed E-state index contributed by atoms with van der Waals surface area (Å²) in [4.78, 5) is 11.5. The number of rotatable bonds is 6. The summed E-state index contributed by atoms with van der Waals surface area (Å²) in [5.41, 5.74) is 0.600. The van der Waals surface area contributed by atoms with Gasteiger partial charge in [-0.2, -0.15) is 0 Å². The first-order valence-corrected chi connectivity index (χ1v) is 7.59. The largest absolute Gasteiger partial charge is 0.472 e. The second kappa shape index (κ2) is 7.67. The van der Waals surface area contributed by atoms with E-state index in [1.165, 1.54) is 0 Å². The molecule has 0 bridgehead atoms. The maximum absolute atomic E-state index is 11.5. The van der Waals surface area contributed by atoms with Gasteiger partial charge in [-0.05, 0) is 26.3 Å². The van der Waals surface area contributed by atoms with Crippen molar-refractivity contribution in [2.75, 3.05) is 6.54 Å². The highest BCUT2D eigenvalue weighted by Crippen LogP contribution is 2.09. The average molecular weight is 317 g/mol. The van der Waals surface area contributed by atoms with E-state index < -0.39 is 11.7 Å². The van der Waals surface area contributed by atoms with Gasteiger partial charge in [0.15, 0.2) is 0 Å². The van der Waals surface area contributed by atoms with Crippen molar-refractivity contribution >= 4 is 6.09 Å². The van der Waals surface area contributed by atoms with Gasteiger partial charge in [0.2, 0.25) is 5.88 Å². The second-order valence-electron chi connectivity index (χ2n) is 6.12. The number of hydrogen-bond donors (Lipinski definition) is 1. The van der Waals surface area contributed by atoms with Gasteiger partial charge in [-0.1, -0.05) is 30.3 Å². The summed E-state index contributed by atoms with van der Waals surface area (Å²) in [6.07, 6.45) is 1.39. The Morgan fingerprint density at radius 1 is 1.22 bits per heavy atom. The zero-order chi connectivity index (χ0) is 16.7. The van der Waals surface area contributed by atoms with Gasteiger partial charge in [0.1, 0.15) is 12.2 Å². The Morgan fingerprint density at radius 2 is 1.96 bits per heavy atom. The molecular formula is C17H23N3O3. The molecule has 1 aromatic heterocycles. The second-order valence-corrected chi connectivity index (χ2v) is 6.12. The van der Waals surface area contributed by atoms with Gasteiger partial charge >= 0.3 is 6.09 Å². The number of benzene rings is 1. The Bertz CT molecular complexity index is 618. The Balaban J connectivity index is 1.71. The zero-order valence-electron chi connectivity index (χ0n) is 13.8. The minimum Gasteiger partial charge on any atom is -0.472 e. The Morgan fingerprint density at radius 3 is 2.65 bits per heavy atom. The van der Waals surface area contributed by atoms with Crippen LogP contribution in [0.1, 0.15) is 26.3 Å². The van der Waals surface area contributed by atoms with Crippen molar-refractivity contribution in [2.24, 2.45) is 0 Å². The third-order valence-electron chi connectivity index (χ3n) is 2.85. The minimum atomic E-state index is -0.492. The van der Waals surface area contributed by atoms with Gasteiger partial charge in [-0.3, -0.25) is 4.68 Å². The molecule has 6 heteroatoms. The van der Waals surface area contributed by atoms with E-state index in [1.54, 1.807) is 10.7 Å². The van der Waals surface area contributed by atoms with Gasteiger partial charge in [-0.25, -0.2) is 4.79 Å². The van der Waals surface area contributed by atoms with E-state index in [1.807, 2.05) is 57.3 Å². The van der Waals surface area contributed by atoms with Crippen LogP contribution in [-0.4, -0.2) is 28.0 Å².